The summed E-state index contributed by atoms with van der Waals surface area (Å²) in [6.45, 7) is 5.46. The van der Waals surface area contributed by atoms with Gasteiger partial charge in [0.05, 0.1) is 5.69 Å². The number of carbonyl (C=O) groups excluding carboxylic acids is 1. The van der Waals surface area contributed by atoms with E-state index in [1.165, 1.54) is 16.8 Å². The van der Waals surface area contributed by atoms with Crippen molar-refractivity contribution in [1.82, 2.24) is 14.7 Å². The molecule has 1 amide bonds. The van der Waals surface area contributed by atoms with Gasteiger partial charge in [0.1, 0.15) is 5.69 Å². The van der Waals surface area contributed by atoms with E-state index in [-0.39, 0.29) is 11.5 Å². The number of amides is 1. The second-order valence-electron chi connectivity index (χ2n) is 5.10. The highest BCUT2D eigenvalue weighted by Crippen LogP contribution is 2.06. The molecule has 1 aromatic heterocycles. The molecular weight excluding hydrogens is 278 g/mol. The van der Waals surface area contributed by atoms with Gasteiger partial charge in [-0.25, -0.2) is 0 Å². The number of hydrogen-bond donors (Lipinski definition) is 0. The Morgan fingerprint density at radius 1 is 1.05 bits per heavy atom. The van der Waals surface area contributed by atoms with Gasteiger partial charge in [-0.3, -0.25) is 9.59 Å². The van der Waals surface area contributed by atoms with E-state index in [1.54, 1.807) is 17.0 Å². The summed E-state index contributed by atoms with van der Waals surface area (Å²) in [6.07, 6.45) is 1.79. The highest BCUT2D eigenvalue weighted by atomic mass is 16.2. The highest BCUT2D eigenvalue weighted by Gasteiger charge is 2.17. The summed E-state index contributed by atoms with van der Waals surface area (Å²) in [6, 6.07) is 12.0. The van der Waals surface area contributed by atoms with Crippen LogP contribution < -0.4 is 5.56 Å². The summed E-state index contributed by atoms with van der Waals surface area (Å²) in [4.78, 5) is 26.3. The number of aromatic nitrogens is 2. The first-order chi connectivity index (χ1) is 10.7. The van der Waals surface area contributed by atoms with Gasteiger partial charge in [0.2, 0.25) is 0 Å². The predicted octanol–water partition coefficient (Wildman–Crippen LogP) is 2.49. The van der Waals surface area contributed by atoms with E-state index in [1.807, 2.05) is 32.0 Å². The largest absolute Gasteiger partial charge is 0.337 e. The third-order valence-electron chi connectivity index (χ3n) is 3.29. The first-order valence-electron chi connectivity index (χ1n) is 7.62. The topological polar surface area (TPSA) is 55.2 Å². The van der Waals surface area contributed by atoms with E-state index < -0.39 is 0 Å². The molecule has 0 radical (unpaired) electrons. The average molecular weight is 299 g/mol. The van der Waals surface area contributed by atoms with Crippen LogP contribution in [0.1, 0.15) is 37.2 Å². The van der Waals surface area contributed by atoms with Crippen molar-refractivity contribution in [1.29, 1.82) is 0 Å². The Morgan fingerprint density at radius 3 is 2.27 bits per heavy atom. The maximum atomic E-state index is 12.6. The summed E-state index contributed by atoms with van der Waals surface area (Å²) in [7, 11) is 0. The molecule has 0 unspecified atom stereocenters. The first kappa shape index (κ1) is 15.9. The lowest BCUT2D eigenvalue weighted by Gasteiger charge is -2.21. The van der Waals surface area contributed by atoms with Gasteiger partial charge in [-0.2, -0.15) is 9.78 Å². The van der Waals surface area contributed by atoms with Gasteiger partial charge in [-0.05, 0) is 31.0 Å². The van der Waals surface area contributed by atoms with Crippen molar-refractivity contribution < 1.29 is 4.79 Å². The summed E-state index contributed by atoms with van der Waals surface area (Å²) >= 11 is 0. The Kier molecular flexibility index (Phi) is 5.47. The lowest BCUT2D eigenvalue weighted by Crippen LogP contribution is -2.34. The number of nitrogens with zero attached hydrogens (tertiary/aromatic N) is 3. The van der Waals surface area contributed by atoms with Crippen LogP contribution in [0.3, 0.4) is 0 Å². The minimum Gasteiger partial charge on any atom is -0.337 e. The van der Waals surface area contributed by atoms with Crippen molar-refractivity contribution in [3.05, 3.63) is 58.5 Å². The molecule has 0 atom stereocenters. The monoisotopic (exact) mass is 299 g/mol. The Balaban J connectivity index is 2.37. The molecule has 0 saturated carbocycles. The summed E-state index contributed by atoms with van der Waals surface area (Å²) in [5.41, 5.74) is 0.699. The van der Waals surface area contributed by atoms with Crippen LogP contribution in [0.4, 0.5) is 0 Å². The third kappa shape index (κ3) is 3.61. The van der Waals surface area contributed by atoms with E-state index in [2.05, 4.69) is 5.10 Å². The van der Waals surface area contributed by atoms with Crippen LogP contribution in [-0.4, -0.2) is 33.7 Å². The lowest BCUT2D eigenvalue weighted by atomic mass is 10.3. The zero-order valence-corrected chi connectivity index (χ0v) is 13.0. The van der Waals surface area contributed by atoms with Gasteiger partial charge in [0, 0.05) is 19.2 Å². The fourth-order valence-electron chi connectivity index (χ4n) is 2.30. The van der Waals surface area contributed by atoms with Crippen molar-refractivity contribution in [3.8, 4) is 5.69 Å². The molecule has 116 valence electrons. The smallest absolute Gasteiger partial charge is 0.274 e. The Morgan fingerprint density at radius 2 is 1.68 bits per heavy atom. The molecule has 1 aromatic carbocycles. The number of para-hydroxylation sites is 1. The second-order valence-corrected chi connectivity index (χ2v) is 5.10. The molecule has 2 rings (SSSR count). The van der Waals surface area contributed by atoms with Crippen LogP contribution in [0.5, 0.6) is 0 Å². The first-order valence-corrected chi connectivity index (χ1v) is 7.62. The summed E-state index contributed by atoms with van der Waals surface area (Å²) in [5, 5.41) is 4.24. The van der Waals surface area contributed by atoms with E-state index in [0.29, 0.717) is 24.5 Å². The molecule has 0 spiro atoms. The van der Waals surface area contributed by atoms with E-state index in [4.69, 9.17) is 0 Å². The molecule has 22 heavy (non-hydrogen) atoms. The standard InChI is InChI=1S/C17H21N3O2/c1-3-12-19(13-4-2)17(22)15-10-11-16(21)20(18-15)14-8-6-5-7-9-14/h5-11H,3-4,12-13H2,1-2H3. The quantitative estimate of drug-likeness (QED) is 0.823. The van der Waals surface area contributed by atoms with Crippen LogP contribution in [0, 0.1) is 0 Å². The molecule has 2 aromatic rings. The van der Waals surface area contributed by atoms with Crippen LogP contribution in [0.25, 0.3) is 5.69 Å². The normalized spacial score (nSPS) is 10.5. The number of carbonyl (C=O) groups is 1. The van der Waals surface area contributed by atoms with Crippen molar-refractivity contribution in [2.75, 3.05) is 13.1 Å². The van der Waals surface area contributed by atoms with Crippen LogP contribution in [0.15, 0.2) is 47.3 Å². The number of benzene rings is 1. The molecule has 0 saturated heterocycles. The second kappa shape index (κ2) is 7.54. The minimum absolute atomic E-state index is 0.131. The Hall–Kier alpha value is -2.43. The van der Waals surface area contributed by atoms with Gasteiger partial charge < -0.3 is 4.90 Å². The van der Waals surface area contributed by atoms with Crippen molar-refractivity contribution in [3.63, 3.8) is 0 Å². The van der Waals surface area contributed by atoms with E-state index in [9.17, 15) is 9.59 Å². The molecular formula is C17H21N3O2. The minimum atomic E-state index is -0.250. The molecule has 5 heteroatoms. The van der Waals surface area contributed by atoms with Crippen LogP contribution >= 0.6 is 0 Å². The maximum absolute atomic E-state index is 12.6. The molecule has 1 heterocycles. The van der Waals surface area contributed by atoms with E-state index in [0.717, 1.165) is 12.8 Å². The Bertz CT molecular complexity index is 674. The summed E-state index contributed by atoms with van der Waals surface area (Å²) in [5.74, 6) is -0.131. The number of rotatable bonds is 6. The fraction of sp³-hybridized carbons (Fsp3) is 0.353. The maximum Gasteiger partial charge on any atom is 0.274 e. The third-order valence-corrected chi connectivity index (χ3v) is 3.29. The van der Waals surface area contributed by atoms with Gasteiger partial charge in [-0.1, -0.05) is 32.0 Å². The molecule has 0 aliphatic carbocycles. The zero-order valence-electron chi connectivity index (χ0n) is 13.0. The van der Waals surface area contributed by atoms with Crippen LogP contribution in [-0.2, 0) is 0 Å². The van der Waals surface area contributed by atoms with Gasteiger partial charge in [-0.15, -0.1) is 0 Å². The van der Waals surface area contributed by atoms with Crippen LogP contribution in [0.2, 0.25) is 0 Å². The molecule has 5 nitrogen and oxygen atoms in total. The van der Waals surface area contributed by atoms with Gasteiger partial charge >= 0.3 is 0 Å². The summed E-state index contributed by atoms with van der Waals surface area (Å²) < 4.78 is 1.27. The molecule has 0 N–H and O–H groups in total. The average Bonchev–Trinajstić information content (AvgIpc) is 2.55. The molecule has 0 aliphatic heterocycles. The molecule has 0 aliphatic rings. The molecule has 0 fully saturated rings. The lowest BCUT2D eigenvalue weighted by molar-refractivity contribution is 0.0747. The van der Waals surface area contributed by atoms with Gasteiger partial charge in [0.25, 0.3) is 11.5 Å². The van der Waals surface area contributed by atoms with Gasteiger partial charge in [0.15, 0.2) is 0 Å². The van der Waals surface area contributed by atoms with Crippen molar-refractivity contribution >= 4 is 5.91 Å². The predicted molar refractivity (Wildman–Crippen MR) is 86.3 cm³/mol. The zero-order chi connectivity index (χ0) is 15.9. The van der Waals surface area contributed by atoms with Crippen molar-refractivity contribution in [2.45, 2.75) is 26.7 Å². The number of hydrogen-bond acceptors (Lipinski definition) is 3. The SMILES string of the molecule is CCCN(CCC)C(=O)c1ccc(=O)n(-c2ccccc2)n1. The molecule has 0 bridgehead atoms. The fourth-order valence-corrected chi connectivity index (χ4v) is 2.30. The van der Waals surface area contributed by atoms with E-state index >= 15 is 0 Å². The highest BCUT2D eigenvalue weighted by molar-refractivity contribution is 5.92. The Labute approximate surface area is 130 Å². The van der Waals surface area contributed by atoms with Crippen molar-refractivity contribution in [2.24, 2.45) is 0 Å².